The average molecular weight is 333 g/mol. The number of allylic oxidation sites excluding steroid dienone is 1. The van der Waals surface area contributed by atoms with Crippen molar-refractivity contribution < 1.29 is 14.8 Å². The summed E-state index contributed by atoms with van der Waals surface area (Å²) < 4.78 is 0. The highest BCUT2D eigenvalue weighted by Gasteiger charge is 2.69. The number of fused-ring (bicyclic) bond motifs is 5. The molecule has 132 valence electrons. The number of nitrogens with zero attached hydrogens (tertiary/aromatic N) is 1. The molecule has 1 N–H and O–H groups in total. The fraction of sp³-hybridized carbons (Fsp3) is 0.842. The van der Waals surface area contributed by atoms with E-state index in [0.717, 1.165) is 32.1 Å². The predicted molar refractivity (Wildman–Crippen MR) is 88.6 cm³/mol. The van der Waals surface area contributed by atoms with Gasteiger partial charge >= 0.3 is 5.72 Å². The summed E-state index contributed by atoms with van der Waals surface area (Å²) in [5, 5.41) is 22.4. The molecular formula is C19H27NO4. The van der Waals surface area contributed by atoms with Gasteiger partial charge in [0, 0.05) is 12.8 Å². The minimum absolute atomic E-state index is 0.223. The molecule has 24 heavy (non-hydrogen) atoms. The number of hydrogen-bond acceptors (Lipinski definition) is 4. The molecule has 0 amide bonds. The third kappa shape index (κ3) is 1.94. The minimum atomic E-state index is -1.76. The van der Waals surface area contributed by atoms with E-state index in [1.165, 1.54) is 5.57 Å². The standard InChI is InChI=1S/C19H27NO4/c1-11-9-12-10-13(21)3-4-14(12)15-5-7-18(2)16(17(11)15)6-8-19(18,22)20(23)24/h10-11,14-17,22H,3-9H2,1-2H3/t11-,14+,15-,16+,17?,18+,19+/m1/s1. The first-order chi connectivity index (χ1) is 11.3. The monoisotopic (exact) mass is 333 g/mol. The van der Waals surface area contributed by atoms with Crippen LogP contribution in [0.15, 0.2) is 11.6 Å². The van der Waals surface area contributed by atoms with Crippen molar-refractivity contribution >= 4 is 5.78 Å². The van der Waals surface area contributed by atoms with Crippen LogP contribution in [-0.2, 0) is 4.79 Å². The summed E-state index contributed by atoms with van der Waals surface area (Å²) >= 11 is 0. The summed E-state index contributed by atoms with van der Waals surface area (Å²) in [7, 11) is 0. The van der Waals surface area contributed by atoms with Crippen molar-refractivity contribution in [2.24, 2.45) is 35.0 Å². The zero-order chi connectivity index (χ0) is 17.3. The molecule has 3 saturated carbocycles. The van der Waals surface area contributed by atoms with Crippen molar-refractivity contribution in [2.45, 2.75) is 64.5 Å². The molecule has 0 heterocycles. The third-order valence-electron chi connectivity index (χ3n) is 8.05. The summed E-state index contributed by atoms with van der Waals surface area (Å²) in [6.07, 6.45) is 7.12. The van der Waals surface area contributed by atoms with E-state index in [1.54, 1.807) is 0 Å². The van der Waals surface area contributed by atoms with Crippen LogP contribution in [0, 0.1) is 45.1 Å². The van der Waals surface area contributed by atoms with E-state index in [2.05, 4.69) is 6.92 Å². The van der Waals surface area contributed by atoms with Gasteiger partial charge in [-0.25, -0.2) is 0 Å². The van der Waals surface area contributed by atoms with Crippen LogP contribution in [0.3, 0.4) is 0 Å². The van der Waals surface area contributed by atoms with Crippen LogP contribution in [-0.4, -0.2) is 21.5 Å². The molecule has 4 rings (SSSR count). The Morgan fingerprint density at radius 2 is 2.04 bits per heavy atom. The lowest BCUT2D eigenvalue weighted by Gasteiger charge is -2.55. The van der Waals surface area contributed by atoms with Crippen LogP contribution >= 0.6 is 0 Å². The molecule has 4 aliphatic rings. The highest BCUT2D eigenvalue weighted by atomic mass is 16.7. The topological polar surface area (TPSA) is 80.4 Å². The lowest BCUT2D eigenvalue weighted by molar-refractivity contribution is -0.646. The second-order valence-corrected chi connectivity index (χ2v) is 8.93. The van der Waals surface area contributed by atoms with Gasteiger partial charge in [0.15, 0.2) is 5.78 Å². The molecule has 0 saturated heterocycles. The maximum absolute atomic E-state index is 11.8. The maximum atomic E-state index is 11.8. The van der Waals surface area contributed by atoms with E-state index in [-0.39, 0.29) is 18.1 Å². The molecule has 0 spiro atoms. The normalized spacial score (nSPS) is 50.5. The molecule has 1 unspecified atom stereocenters. The summed E-state index contributed by atoms with van der Waals surface area (Å²) in [6, 6.07) is 0. The van der Waals surface area contributed by atoms with Crippen molar-refractivity contribution in [3.63, 3.8) is 0 Å². The Kier molecular flexibility index (Phi) is 3.48. The molecule has 0 aliphatic heterocycles. The SMILES string of the molecule is C[C@@H]1CC2=CC(=O)CC[C@@H]2[C@H]2CC[C@@]3(C)[C@@H](CC[C@@]3(O)[N+](=O)[O-])C12. The highest BCUT2D eigenvalue weighted by molar-refractivity contribution is 5.91. The second-order valence-electron chi connectivity index (χ2n) is 8.93. The molecule has 5 heteroatoms. The van der Waals surface area contributed by atoms with Gasteiger partial charge in [0.2, 0.25) is 0 Å². The van der Waals surface area contributed by atoms with E-state index in [4.69, 9.17) is 0 Å². The first-order valence-corrected chi connectivity index (χ1v) is 9.38. The smallest absolute Gasteiger partial charge is 0.327 e. The molecule has 0 bridgehead atoms. The van der Waals surface area contributed by atoms with Crippen LogP contribution in [0.1, 0.15) is 58.8 Å². The molecule has 5 nitrogen and oxygen atoms in total. The Bertz CT molecular complexity index is 629. The van der Waals surface area contributed by atoms with Gasteiger partial charge in [-0.2, -0.15) is 0 Å². The first kappa shape index (κ1) is 16.2. The minimum Gasteiger partial charge on any atom is -0.330 e. The number of ketones is 1. The Morgan fingerprint density at radius 3 is 2.75 bits per heavy atom. The van der Waals surface area contributed by atoms with Gasteiger partial charge in [0.05, 0.1) is 10.3 Å². The summed E-state index contributed by atoms with van der Waals surface area (Å²) in [5.41, 5.74) is -1.05. The van der Waals surface area contributed by atoms with Crippen molar-refractivity contribution in [3.05, 3.63) is 21.8 Å². The number of carbonyl (C=O) groups excluding carboxylic acids is 1. The van der Waals surface area contributed by atoms with Crippen molar-refractivity contribution in [1.82, 2.24) is 0 Å². The molecule has 4 aliphatic carbocycles. The van der Waals surface area contributed by atoms with E-state index >= 15 is 0 Å². The summed E-state index contributed by atoms with van der Waals surface area (Å²) in [5.74, 6) is 2.37. The van der Waals surface area contributed by atoms with E-state index < -0.39 is 16.1 Å². The maximum Gasteiger partial charge on any atom is 0.327 e. The van der Waals surface area contributed by atoms with Crippen LogP contribution in [0.25, 0.3) is 0 Å². The van der Waals surface area contributed by atoms with Gasteiger partial charge in [0.1, 0.15) is 0 Å². The lowest BCUT2D eigenvalue weighted by Crippen LogP contribution is -2.57. The number of hydrogen-bond donors (Lipinski definition) is 1. The Balaban J connectivity index is 1.70. The van der Waals surface area contributed by atoms with Gasteiger partial charge in [-0.1, -0.05) is 12.5 Å². The van der Waals surface area contributed by atoms with E-state index in [9.17, 15) is 20.0 Å². The predicted octanol–water partition coefficient (Wildman–Crippen LogP) is 3.34. The zero-order valence-corrected chi connectivity index (χ0v) is 14.5. The van der Waals surface area contributed by atoms with Crippen molar-refractivity contribution in [1.29, 1.82) is 0 Å². The second kappa shape index (κ2) is 5.13. The van der Waals surface area contributed by atoms with Gasteiger partial charge in [0.25, 0.3) is 0 Å². The highest BCUT2D eigenvalue weighted by Crippen LogP contribution is 2.65. The molecule has 7 atom stereocenters. The molecule has 0 aromatic heterocycles. The molecule has 0 radical (unpaired) electrons. The zero-order valence-electron chi connectivity index (χ0n) is 14.5. The van der Waals surface area contributed by atoms with E-state index in [0.29, 0.717) is 30.1 Å². The average Bonchev–Trinajstić information content (AvgIpc) is 2.80. The van der Waals surface area contributed by atoms with Crippen molar-refractivity contribution in [2.75, 3.05) is 0 Å². The van der Waals surface area contributed by atoms with Crippen LogP contribution in [0.4, 0.5) is 0 Å². The van der Waals surface area contributed by atoms with Gasteiger partial charge in [-0.15, -0.1) is 0 Å². The van der Waals surface area contributed by atoms with Crippen LogP contribution < -0.4 is 0 Å². The largest absolute Gasteiger partial charge is 0.330 e. The molecule has 3 fully saturated rings. The number of aliphatic hydroxyl groups is 1. The number of carbonyl (C=O) groups is 1. The summed E-state index contributed by atoms with van der Waals surface area (Å²) in [4.78, 5) is 23.0. The molecular weight excluding hydrogens is 306 g/mol. The fourth-order valence-electron chi connectivity index (χ4n) is 6.88. The quantitative estimate of drug-likeness (QED) is 0.453. The first-order valence-electron chi connectivity index (χ1n) is 9.38. The molecule has 0 aromatic carbocycles. The van der Waals surface area contributed by atoms with Crippen LogP contribution in [0.2, 0.25) is 0 Å². The van der Waals surface area contributed by atoms with Gasteiger partial charge in [-0.05, 0) is 74.7 Å². The van der Waals surface area contributed by atoms with Crippen molar-refractivity contribution in [3.8, 4) is 0 Å². The summed E-state index contributed by atoms with van der Waals surface area (Å²) in [6.45, 7) is 4.19. The lowest BCUT2D eigenvalue weighted by atomic mass is 9.49. The Labute approximate surface area is 142 Å². The van der Waals surface area contributed by atoms with Gasteiger partial charge in [-0.3, -0.25) is 14.9 Å². The van der Waals surface area contributed by atoms with Crippen LogP contribution in [0.5, 0.6) is 0 Å². The number of rotatable bonds is 1. The Hall–Kier alpha value is -1.23. The molecule has 0 aromatic rings. The third-order valence-corrected chi connectivity index (χ3v) is 8.05. The fourth-order valence-corrected chi connectivity index (χ4v) is 6.88. The Morgan fingerprint density at radius 1 is 1.29 bits per heavy atom. The van der Waals surface area contributed by atoms with E-state index in [1.807, 2.05) is 13.0 Å². The van der Waals surface area contributed by atoms with Gasteiger partial charge < -0.3 is 5.11 Å². The number of nitro groups is 1.